The zero-order chi connectivity index (χ0) is 13.7. The third-order valence-corrected chi connectivity index (χ3v) is 4.48. The van der Waals surface area contributed by atoms with Crippen LogP contribution in [0.2, 0.25) is 0 Å². The lowest BCUT2D eigenvalue weighted by atomic mass is 9.78. The molecule has 0 bridgehead atoms. The van der Waals surface area contributed by atoms with Gasteiger partial charge >= 0.3 is 0 Å². The van der Waals surface area contributed by atoms with Crippen molar-refractivity contribution < 1.29 is 5.11 Å². The third-order valence-electron chi connectivity index (χ3n) is 4.48. The van der Waals surface area contributed by atoms with Crippen LogP contribution in [0.15, 0.2) is 12.3 Å². The largest absolute Gasteiger partial charge is 0.389 e. The van der Waals surface area contributed by atoms with Crippen molar-refractivity contribution >= 4 is 0 Å². The van der Waals surface area contributed by atoms with Crippen molar-refractivity contribution in [2.24, 2.45) is 5.92 Å². The van der Waals surface area contributed by atoms with Gasteiger partial charge in [-0.15, -0.1) is 0 Å². The number of nitrogens with one attached hydrogen (secondary N) is 1. The second-order valence-corrected chi connectivity index (χ2v) is 5.82. The summed E-state index contributed by atoms with van der Waals surface area (Å²) in [6.07, 6.45) is 7.29. The minimum Gasteiger partial charge on any atom is -0.389 e. The molecule has 0 atom stereocenters. The van der Waals surface area contributed by atoms with E-state index >= 15 is 0 Å². The molecule has 1 fully saturated rings. The van der Waals surface area contributed by atoms with Crippen molar-refractivity contribution in [2.45, 2.75) is 64.6 Å². The summed E-state index contributed by atoms with van der Waals surface area (Å²) in [5.74, 6) is 0.821. The van der Waals surface area contributed by atoms with Crippen LogP contribution < -0.4 is 5.32 Å². The fraction of sp³-hybridized carbons (Fsp3) is 0.800. The highest BCUT2D eigenvalue weighted by molar-refractivity contribution is 5.00. The third kappa shape index (κ3) is 3.80. The molecule has 0 saturated heterocycles. The lowest BCUT2D eigenvalue weighted by molar-refractivity contribution is -0.00891. The van der Waals surface area contributed by atoms with E-state index in [0.717, 1.165) is 31.8 Å². The standard InChI is InChI=1S/C15H27N3O/c1-3-13-5-8-15(19,9-6-13)12-16-11-14-7-10-17-18(14)4-2/h7,10,13,16,19H,3-6,8-9,11-12H2,1-2H3. The predicted molar refractivity (Wildman–Crippen MR) is 76.8 cm³/mol. The van der Waals surface area contributed by atoms with E-state index in [-0.39, 0.29) is 0 Å². The van der Waals surface area contributed by atoms with Gasteiger partial charge in [0, 0.05) is 25.8 Å². The molecule has 1 heterocycles. The second kappa shape index (κ2) is 6.53. The first kappa shape index (κ1) is 14.5. The first-order chi connectivity index (χ1) is 9.17. The maximum atomic E-state index is 10.6. The molecule has 0 aliphatic heterocycles. The molecule has 4 heteroatoms. The summed E-state index contributed by atoms with van der Waals surface area (Å²) in [7, 11) is 0. The quantitative estimate of drug-likeness (QED) is 0.830. The Morgan fingerprint density at radius 2 is 2.16 bits per heavy atom. The zero-order valence-corrected chi connectivity index (χ0v) is 12.2. The molecule has 1 aromatic rings. The lowest BCUT2D eigenvalue weighted by Gasteiger charge is -2.36. The Balaban J connectivity index is 1.76. The minimum absolute atomic E-state index is 0.497. The molecule has 0 radical (unpaired) electrons. The van der Waals surface area contributed by atoms with Gasteiger partial charge in [-0.3, -0.25) is 4.68 Å². The van der Waals surface area contributed by atoms with E-state index in [1.54, 1.807) is 0 Å². The second-order valence-electron chi connectivity index (χ2n) is 5.82. The normalized spacial score (nSPS) is 27.6. The SMILES string of the molecule is CCC1CCC(O)(CNCc2ccnn2CC)CC1. The van der Waals surface area contributed by atoms with Gasteiger partial charge in [-0.2, -0.15) is 5.10 Å². The van der Waals surface area contributed by atoms with Crippen LogP contribution in [0.3, 0.4) is 0 Å². The van der Waals surface area contributed by atoms with Crippen LogP contribution in [0.5, 0.6) is 0 Å². The van der Waals surface area contributed by atoms with Gasteiger partial charge in [0.15, 0.2) is 0 Å². The molecule has 1 aliphatic carbocycles. The summed E-state index contributed by atoms with van der Waals surface area (Å²) in [4.78, 5) is 0. The van der Waals surface area contributed by atoms with Crippen molar-refractivity contribution in [3.8, 4) is 0 Å². The van der Waals surface area contributed by atoms with E-state index in [1.807, 2.05) is 16.9 Å². The maximum Gasteiger partial charge on any atom is 0.0771 e. The van der Waals surface area contributed by atoms with Gasteiger partial charge < -0.3 is 10.4 Å². The first-order valence-corrected chi connectivity index (χ1v) is 7.60. The van der Waals surface area contributed by atoms with Crippen LogP contribution in [-0.2, 0) is 13.1 Å². The highest BCUT2D eigenvalue weighted by atomic mass is 16.3. The molecule has 0 aromatic carbocycles. The lowest BCUT2D eigenvalue weighted by Crippen LogP contribution is -2.43. The summed E-state index contributed by atoms with van der Waals surface area (Å²) in [6.45, 7) is 6.72. The summed E-state index contributed by atoms with van der Waals surface area (Å²) in [5, 5.41) is 18.2. The summed E-state index contributed by atoms with van der Waals surface area (Å²) in [6, 6.07) is 2.04. The van der Waals surface area contributed by atoms with E-state index in [2.05, 4.69) is 24.3 Å². The van der Waals surface area contributed by atoms with Crippen molar-refractivity contribution in [1.82, 2.24) is 15.1 Å². The highest BCUT2D eigenvalue weighted by Gasteiger charge is 2.32. The first-order valence-electron chi connectivity index (χ1n) is 7.60. The van der Waals surface area contributed by atoms with Crippen LogP contribution in [0.4, 0.5) is 0 Å². The van der Waals surface area contributed by atoms with Gasteiger partial charge in [0.25, 0.3) is 0 Å². The van der Waals surface area contributed by atoms with Crippen LogP contribution >= 0.6 is 0 Å². The van der Waals surface area contributed by atoms with E-state index in [9.17, 15) is 5.11 Å². The van der Waals surface area contributed by atoms with E-state index in [4.69, 9.17) is 0 Å². The van der Waals surface area contributed by atoms with Crippen molar-refractivity contribution in [3.63, 3.8) is 0 Å². The van der Waals surface area contributed by atoms with Crippen molar-refractivity contribution in [1.29, 1.82) is 0 Å². The highest BCUT2D eigenvalue weighted by Crippen LogP contribution is 2.33. The molecule has 0 spiro atoms. The van der Waals surface area contributed by atoms with Gasteiger partial charge in [-0.25, -0.2) is 0 Å². The average Bonchev–Trinajstić information content (AvgIpc) is 2.87. The number of aromatic nitrogens is 2. The van der Waals surface area contributed by atoms with Gasteiger partial charge in [0.2, 0.25) is 0 Å². The summed E-state index contributed by atoms with van der Waals surface area (Å²) >= 11 is 0. The Labute approximate surface area is 116 Å². The number of rotatable bonds is 6. The van der Waals surface area contributed by atoms with Gasteiger partial charge in [0.05, 0.1) is 11.3 Å². The minimum atomic E-state index is -0.497. The van der Waals surface area contributed by atoms with Gasteiger partial charge in [0.1, 0.15) is 0 Å². The molecule has 19 heavy (non-hydrogen) atoms. The predicted octanol–water partition coefficient (Wildman–Crippen LogP) is 2.32. The number of hydrogen-bond acceptors (Lipinski definition) is 3. The van der Waals surface area contributed by atoms with E-state index < -0.39 is 5.60 Å². The molecule has 1 saturated carbocycles. The van der Waals surface area contributed by atoms with Crippen LogP contribution in [0, 0.1) is 5.92 Å². The zero-order valence-electron chi connectivity index (χ0n) is 12.2. The molecule has 1 aliphatic rings. The van der Waals surface area contributed by atoms with Crippen LogP contribution in [0.1, 0.15) is 51.6 Å². The Hall–Kier alpha value is -0.870. The molecular weight excluding hydrogens is 238 g/mol. The van der Waals surface area contributed by atoms with E-state index in [0.29, 0.717) is 6.54 Å². The number of nitrogens with zero attached hydrogens (tertiary/aromatic N) is 2. The van der Waals surface area contributed by atoms with Crippen LogP contribution in [-0.4, -0.2) is 27.0 Å². The van der Waals surface area contributed by atoms with Crippen LogP contribution in [0.25, 0.3) is 0 Å². The summed E-state index contributed by atoms with van der Waals surface area (Å²) < 4.78 is 1.99. The molecule has 0 amide bonds. The maximum absolute atomic E-state index is 10.6. The molecule has 2 N–H and O–H groups in total. The topological polar surface area (TPSA) is 50.1 Å². The van der Waals surface area contributed by atoms with Gasteiger partial charge in [-0.1, -0.05) is 13.3 Å². The number of hydrogen-bond donors (Lipinski definition) is 2. The van der Waals surface area contributed by atoms with Gasteiger partial charge in [-0.05, 0) is 44.6 Å². The van der Waals surface area contributed by atoms with E-state index in [1.165, 1.54) is 25.0 Å². The fourth-order valence-corrected chi connectivity index (χ4v) is 3.02. The Kier molecular flexibility index (Phi) is 4.99. The average molecular weight is 265 g/mol. The Morgan fingerprint density at radius 1 is 1.42 bits per heavy atom. The summed E-state index contributed by atoms with van der Waals surface area (Å²) in [5.41, 5.74) is 0.691. The molecular formula is C15H27N3O. The number of aliphatic hydroxyl groups is 1. The molecule has 108 valence electrons. The van der Waals surface area contributed by atoms with Crippen molar-refractivity contribution in [3.05, 3.63) is 18.0 Å². The smallest absolute Gasteiger partial charge is 0.0771 e. The molecule has 2 rings (SSSR count). The monoisotopic (exact) mass is 265 g/mol. The Morgan fingerprint density at radius 3 is 2.79 bits per heavy atom. The van der Waals surface area contributed by atoms with Crippen molar-refractivity contribution in [2.75, 3.05) is 6.54 Å². The fourth-order valence-electron chi connectivity index (χ4n) is 3.02. The number of aryl methyl sites for hydroxylation is 1. The molecule has 0 unspecified atom stereocenters. The Bertz CT molecular complexity index is 380. The molecule has 4 nitrogen and oxygen atoms in total. The molecule has 1 aromatic heterocycles.